The van der Waals surface area contributed by atoms with Gasteiger partial charge in [0.15, 0.2) is 0 Å². The molecule has 1 aromatic carbocycles. The number of aryl methyl sites for hydroxylation is 2. The SMILES string of the molecule is Cc1ccc(C)c(CNC(=O)CC2COCCN2)c1. The van der Waals surface area contributed by atoms with Gasteiger partial charge in [-0.25, -0.2) is 0 Å². The first-order chi connectivity index (χ1) is 9.15. The Balaban J connectivity index is 1.81. The lowest BCUT2D eigenvalue weighted by molar-refractivity contribution is -0.122. The van der Waals surface area contributed by atoms with Gasteiger partial charge in [0.1, 0.15) is 0 Å². The van der Waals surface area contributed by atoms with Crippen LogP contribution in [0.5, 0.6) is 0 Å². The van der Waals surface area contributed by atoms with Crippen molar-refractivity contribution in [3.63, 3.8) is 0 Å². The molecular weight excluding hydrogens is 240 g/mol. The van der Waals surface area contributed by atoms with Crippen molar-refractivity contribution in [2.45, 2.75) is 32.9 Å². The largest absolute Gasteiger partial charge is 0.378 e. The molecule has 1 atom stereocenters. The lowest BCUT2D eigenvalue weighted by Crippen LogP contribution is -2.44. The lowest BCUT2D eigenvalue weighted by atomic mass is 10.1. The number of ether oxygens (including phenoxy) is 1. The van der Waals surface area contributed by atoms with Crippen LogP contribution < -0.4 is 10.6 Å². The monoisotopic (exact) mass is 262 g/mol. The summed E-state index contributed by atoms with van der Waals surface area (Å²) in [6.45, 7) is 6.91. The van der Waals surface area contributed by atoms with Crippen molar-refractivity contribution in [2.24, 2.45) is 0 Å². The minimum atomic E-state index is 0.0731. The van der Waals surface area contributed by atoms with E-state index >= 15 is 0 Å². The lowest BCUT2D eigenvalue weighted by Gasteiger charge is -2.23. The molecular formula is C15H22N2O2. The normalized spacial score (nSPS) is 19.2. The molecule has 104 valence electrons. The van der Waals surface area contributed by atoms with E-state index in [0.717, 1.165) is 13.2 Å². The van der Waals surface area contributed by atoms with E-state index in [1.54, 1.807) is 0 Å². The summed E-state index contributed by atoms with van der Waals surface area (Å²) in [5.74, 6) is 0.0731. The van der Waals surface area contributed by atoms with Crippen LogP contribution in [0.3, 0.4) is 0 Å². The number of amides is 1. The van der Waals surface area contributed by atoms with Gasteiger partial charge in [-0.2, -0.15) is 0 Å². The molecule has 1 fully saturated rings. The smallest absolute Gasteiger partial charge is 0.221 e. The molecule has 1 heterocycles. The van der Waals surface area contributed by atoms with Crippen molar-refractivity contribution in [1.29, 1.82) is 0 Å². The van der Waals surface area contributed by atoms with Crippen molar-refractivity contribution >= 4 is 5.91 Å². The Bertz CT molecular complexity index is 440. The number of carbonyl (C=O) groups excluding carboxylic acids is 1. The van der Waals surface area contributed by atoms with Crippen molar-refractivity contribution in [1.82, 2.24) is 10.6 Å². The van der Waals surface area contributed by atoms with Crippen LogP contribution >= 0.6 is 0 Å². The van der Waals surface area contributed by atoms with E-state index < -0.39 is 0 Å². The van der Waals surface area contributed by atoms with Gasteiger partial charge in [0, 0.05) is 25.6 Å². The molecule has 2 N–H and O–H groups in total. The van der Waals surface area contributed by atoms with E-state index in [9.17, 15) is 4.79 Å². The number of nitrogens with one attached hydrogen (secondary N) is 2. The molecule has 1 aliphatic heterocycles. The van der Waals surface area contributed by atoms with E-state index in [0.29, 0.717) is 19.6 Å². The molecule has 1 aromatic rings. The number of hydrogen-bond acceptors (Lipinski definition) is 3. The van der Waals surface area contributed by atoms with Crippen molar-refractivity contribution < 1.29 is 9.53 Å². The topological polar surface area (TPSA) is 50.4 Å². The zero-order chi connectivity index (χ0) is 13.7. The Morgan fingerprint density at radius 3 is 3.05 bits per heavy atom. The van der Waals surface area contributed by atoms with Gasteiger partial charge in [0.25, 0.3) is 0 Å². The fourth-order valence-electron chi connectivity index (χ4n) is 2.23. The van der Waals surface area contributed by atoms with Gasteiger partial charge in [0.05, 0.1) is 13.2 Å². The van der Waals surface area contributed by atoms with Crippen LogP contribution in [-0.4, -0.2) is 31.7 Å². The summed E-state index contributed by atoms with van der Waals surface area (Å²) in [4.78, 5) is 11.9. The maximum absolute atomic E-state index is 11.9. The third-order valence-corrected chi connectivity index (χ3v) is 3.41. The number of rotatable bonds is 4. The predicted molar refractivity (Wildman–Crippen MR) is 75.0 cm³/mol. The zero-order valence-corrected chi connectivity index (χ0v) is 11.7. The van der Waals surface area contributed by atoms with Crippen LogP contribution in [0.2, 0.25) is 0 Å². The van der Waals surface area contributed by atoms with Crippen LogP contribution in [0, 0.1) is 13.8 Å². The summed E-state index contributed by atoms with van der Waals surface area (Å²) in [6, 6.07) is 6.45. The van der Waals surface area contributed by atoms with Gasteiger partial charge in [-0.05, 0) is 25.0 Å². The molecule has 4 nitrogen and oxygen atoms in total. The standard InChI is InChI=1S/C15H22N2O2/c1-11-3-4-12(2)13(7-11)9-17-15(18)8-14-10-19-6-5-16-14/h3-4,7,14,16H,5-6,8-10H2,1-2H3,(H,17,18). The first kappa shape index (κ1) is 14.0. The van der Waals surface area contributed by atoms with Gasteiger partial charge in [0.2, 0.25) is 5.91 Å². The molecule has 0 saturated carbocycles. The van der Waals surface area contributed by atoms with Crippen molar-refractivity contribution in [3.8, 4) is 0 Å². The second-order valence-corrected chi connectivity index (χ2v) is 5.14. The minimum absolute atomic E-state index is 0.0731. The van der Waals surface area contributed by atoms with E-state index in [2.05, 4.69) is 42.7 Å². The Hall–Kier alpha value is -1.39. The Morgan fingerprint density at radius 1 is 1.47 bits per heavy atom. The summed E-state index contributed by atoms with van der Waals surface area (Å²) in [7, 11) is 0. The molecule has 1 unspecified atom stereocenters. The fraction of sp³-hybridized carbons (Fsp3) is 0.533. The van der Waals surface area contributed by atoms with Crippen LogP contribution in [0.4, 0.5) is 0 Å². The van der Waals surface area contributed by atoms with Crippen LogP contribution in [-0.2, 0) is 16.1 Å². The van der Waals surface area contributed by atoms with E-state index in [-0.39, 0.29) is 11.9 Å². The van der Waals surface area contributed by atoms with Gasteiger partial charge in [-0.1, -0.05) is 23.8 Å². The van der Waals surface area contributed by atoms with E-state index in [1.165, 1.54) is 16.7 Å². The highest BCUT2D eigenvalue weighted by molar-refractivity contribution is 5.76. The molecule has 0 bridgehead atoms. The maximum Gasteiger partial charge on any atom is 0.221 e. The molecule has 0 radical (unpaired) electrons. The average molecular weight is 262 g/mol. The predicted octanol–water partition coefficient (Wildman–Crippen LogP) is 1.30. The van der Waals surface area contributed by atoms with E-state index in [1.807, 2.05) is 0 Å². The first-order valence-corrected chi connectivity index (χ1v) is 6.79. The molecule has 1 amide bonds. The third kappa shape index (κ3) is 4.33. The van der Waals surface area contributed by atoms with Crippen molar-refractivity contribution in [3.05, 3.63) is 34.9 Å². The summed E-state index contributed by atoms with van der Waals surface area (Å²) in [6.07, 6.45) is 0.477. The van der Waals surface area contributed by atoms with Gasteiger partial charge in [-0.15, -0.1) is 0 Å². The number of carbonyl (C=O) groups is 1. The summed E-state index contributed by atoms with van der Waals surface area (Å²) in [5, 5.41) is 6.26. The number of hydrogen-bond donors (Lipinski definition) is 2. The second-order valence-electron chi connectivity index (χ2n) is 5.14. The summed E-state index contributed by atoms with van der Waals surface area (Å²) >= 11 is 0. The zero-order valence-electron chi connectivity index (χ0n) is 11.7. The quantitative estimate of drug-likeness (QED) is 0.860. The number of benzene rings is 1. The Kier molecular flexibility index (Phi) is 4.93. The molecule has 19 heavy (non-hydrogen) atoms. The summed E-state index contributed by atoms with van der Waals surface area (Å²) in [5.41, 5.74) is 3.61. The summed E-state index contributed by atoms with van der Waals surface area (Å²) < 4.78 is 5.34. The van der Waals surface area contributed by atoms with Crippen LogP contribution in [0.15, 0.2) is 18.2 Å². The van der Waals surface area contributed by atoms with Crippen molar-refractivity contribution in [2.75, 3.05) is 19.8 Å². The maximum atomic E-state index is 11.9. The highest BCUT2D eigenvalue weighted by Crippen LogP contribution is 2.10. The Morgan fingerprint density at radius 2 is 2.32 bits per heavy atom. The molecule has 1 aliphatic rings. The minimum Gasteiger partial charge on any atom is -0.378 e. The van der Waals surface area contributed by atoms with Crippen LogP contribution in [0.1, 0.15) is 23.1 Å². The molecule has 4 heteroatoms. The second kappa shape index (κ2) is 6.68. The number of morpholine rings is 1. The van der Waals surface area contributed by atoms with Gasteiger partial charge in [-0.3, -0.25) is 4.79 Å². The molecule has 1 saturated heterocycles. The Labute approximate surface area is 114 Å². The van der Waals surface area contributed by atoms with E-state index in [4.69, 9.17) is 4.74 Å². The van der Waals surface area contributed by atoms with Crippen LogP contribution in [0.25, 0.3) is 0 Å². The molecule has 0 spiro atoms. The first-order valence-electron chi connectivity index (χ1n) is 6.79. The van der Waals surface area contributed by atoms with Gasteiger partial charge < -0.3 is 15.4 Å². The molecule has 2 rings (SSSR count). The van der Waals surface area contributed by atoms with Gasteiger partial charge >= 0.3 is 0 Å². The fourth-order valence-corrected chi connectivity index (χ4v) is 2.23. The highest BCUT2D eigenvalue weighted by atomic mass is 16.5. The average Bonchev–Trinajstić information content (AvgIpc) is 2.41. The molecule has 0 aliphatic carbocycles. The molecule has 0 aromatic heterocycles. The highest BCUT2D eigenvalue weighted by Gasteiger charge is 2.16. The third-order valence-electron chi connectivity index (χ3n) is 3.41.